The van der Waals surface area contributed by atoms with Gasteiger partial charge in [-0.05, 0) is 20.3 Å². The minimum Gasteiger partial charge on any atom is -0.206 e. The zero-order valence-electron chi connectivity index (χ0n) is 7.35. The van der Waals surface area contributed by atoms with E-state index in [0.717, 1.165) is 0 Å². The van der Waals surface area contributed by atoms with Gasteiger partial charge < -0.3 is 0 Å². The highest BCUT2D eigenvalue weighted by atomic mass is 79.9. The van der Waals surface area contributed by atoms with Gasteiger partial charge in [0.15, 0.2) is 0 Å². The van der Waals surface area contributed by atoms with E-state index in [4.69, 9.17) is 0 Å². The summed E-state index contributed by atoms with van der Waals surface area (Å²) in [6.07, 6.45) is 0.443. The normalized spacial score (nSPS) is 13.7. The highest BCUT2D eigenvalue weighted by Gasteiger charge is 2.30. The monoisotopic (exact) mass is 279 g/mol. The number of rotatable bonds is 5. The first-order valence-corrected chi connectivity index (χ1v) is 6.25. The summed E-state index contributed by atoms with van der Waals surface area (Å²) in [6.45, 7) is 3.10. The van der Waals surface area contributed by atoms with Gasteiger partial charge in [-0.15, -0.1) is 0 Å². The summed E-state index contributed by atoms with van der Waals surface area (Å²) in [5.41, 5.74) is -0.848. The van der Waals surface area contributed by atoms with Crippen LogP contribution in [0.15, 0.2) is 0 Å². The van der Waals surface area contributed by atoms with Crippen molar-refractivity contribution in [3.63, 3.8) is 0 Å². The lowest BCUT2D eigenvalue weighted by atomic mass is 10.0. The predicted octanol–water partition coefficient (Wildman–Crippen LogP) is 1.69. The quantitative estimate of drug-likeness (QED) is 0.779. The maximum Gasteiger partial charge on any atom is 0.350 e. The molecule has 0 heterocycles. The summed E-state index contributed by atoms with van der Waals surface area (Å²) < 4.78 is 47.3. The van der Waals surface area contributed by atoms with Gasteiger partial charge in [0.1, 0.15) is 0 Å². The van der Waals surface area contributed by atoms with Crippen LogP contribution in [0.1, 0.15) is 20.3 Å². The van der Waals surface area contributed by atoms with Crippen LogP contribution >= 0.6 is 15.9 Å². The van der Waals surface area contributed by atoms with E-state index < -0.39 is 21.3 Å². The van der Waals surface area contributed by atoms with Crippen molar-refractivity contribution >= 4 is 26.0 Å². The third-order valence-corrected chi connectivity index (χ3v) is 3.08. The molecule has 0 bridgehead atoms. The Morgan fingerprint density at radius 2 is 1.92 bits per heavy atom. The number of sulfonamides is 1. The van der Waals surface area contributed by atoms with Crippen LogP contribution < -0.4 is 4.72 Å². The first-order valence-electron chi connectivity index (χ1n) is 3.58. The van der Waals surface area contributed by atoms with Crippen molar-refractivity contribution in [3.8, 4) is 0 Å². The van der Waals surface area contributed by atoms with E-state index in [1.54, 1.807) is 13.8 Å². The van der Waals surface area contributed by atoms with Crippen molar-refractivity contribution in [1.29, 1.82) is 0 Å². The van der Waals surface area contributed by atoms with Crippen LogP contribution in [0.2, 0.25) is 0 Å². The molecule has 0 aromatic rings. The minimum atomic E-state index is -4.48. The summed E-state index contributed by atoms with van der Waals surface area (Å²) in [6, 6.07) is 0. The topological polar surface area (TPSA) is 46.2 Å². The maximum atomic E-state index is 11.9. The van der Waals surface area contributed by atoms with Gasteiger partial charge in [-0.25, -0.2) is 13.1 Å². The van der Waals surface area contributed by atoms with Crippen LogP contribution in [0, 0.1) is 0 Å². The van der Waals surface area contributed by atoms with Crippen molar-refractivity contribution in [2.24, 2.45) is 0 Å². The Balaban J connectivity index is 4.43. The molecule has 7 heteroatoms. The van der Waals surface area contributed by atoms with Crippen LogP contribution in [0.3, 0.4) is 0 Å². The SMILES string of the molecule is CC(C)(CCBr)NS(=O)(=O)C(F)F. The van der Waals surface area contributed by atoms with Crippen LogP contribution in [0.4, 0.5) is 8.78 Å². The molecular formula is C6H12BrF2NO2S. The average molecular weight is 280 g/mol. The lowest BCUT2D eigenvalue weighted by Crippen LogP contribution is -2.45. The third kappa shape index (κ3) is 4.87. The summed E-state index contributed by atoms with van der Waals surface area (Å²) >= 11 is 3.11. The van der Waals surface area contributed by atoms with E-state index in [-0.39, 0.29) is 0 Å². The number of nitrogens with one attached hydrogen (secondary N) is 1. The van der Waals surface area contributed by atoms with Gasteiger partial charge in [-0.3, -0.25) is 0 Å². The Morgan fingerprint density at radius 1 is 1.46 bits per heavy atom. The largest absolute Gasteiger partial charge is 0.350 e. The molecule has 0 aliphatic carbocycles. The number of halogens is 3. The lowest BCUT2D eigenvalue weighted by molar-refractivity contribution is 0.229. The molecule has 0 unspecified atom stereocenters. The average Bonchev–Trinajstić information content (AvgIpc) is 1.83. The fourth-order valence-electron chi connectivity index (χ4n) is 0.717. The van der Waals surface area contributed by atoms with E-state index in [0.29, 0.717) is 11.8 Å². The van der Waals surface area contributed by atoms with E-state index in [2.05, 4.69) is 15.9 Å². The second-order valence-electron chi connectivity index (χ2n) is 3.23. The van der Waals surface area contributed by atoms with Crippen LogP contribution in [-0.4, -0.2) is 25.0 Å². The van der Waals surface area contributed by atoms with E-state index in [1.807, 2.05) is 4.72 Å². The third-order valence-electron chi connectivity index (χ3n) is 1.37. The molecular weight excluding hydrogens is 268 g/mol. The van der Waals surface area contributed by atoms with E-state index >= 15 is 0 Å². The van der Waals surface area contributed by atoms with Gasteiger partial charge in [0, 0.05) is 10.9 Å². The summed E-state index contributed by atoms with van der Waals surface area (Å²) in [5.74, 6) is -3.37. The zero-order chi connectivity index (χ0) is 10.7. The maximum absolute atomic E-state index is 11.9. The Bertz CT molecular complexity index is 253. The van der Waals surface area contributed by atoms with E-state index in [9.17, 15) is 17.2 Å². The standard InChI is InChI=1S/C6H12BrF2NO2S/c1-6(2,3-4-7)10-13(11,12)5(8)9/h5,10H,3-4H2,1-2H3. The van der Waals surface area contributed by atoms with Gasteiger partial charge >= 0.3 is 5.76 Å². The molecule has 3 nitrogen and oxygen atoms in total. The van der Waals surface area contributed by atoms with Crippen LogP contribution in [0.25, 0.3) is 0 Å². The Labute approximate surface area is 85.1 Å². The van der Waals surface area contributed by atoms with Crippen molar-refractivity contribution in [2.75, 3.05) is 5.33 Å². The number of alkyl halides is 3. The number of hydrogen-bond acceptors (Lipinski definition) is 2. The molecule has 0 spiro atoms. The summed E-state index contributed by atoms with van der Waals surface area (Å²) in [5, 5.41) is 0.547. The first kappa shape index (κ1) is 13.2. The first-order chi connectivity index (χ1) is 5.71. The van der Waals surface area contributed by atoms with Gasteiger partial charge in [-0.1, -0.05) is 15.9 Å². The Hall–Kier alpha value is 0.250. The molecule has 0 aliphatic rings. The molecule has 0 aromatic heterocycles. The van der Waals surface area contributed by atoms with Crippen molar-refractivity contribution in [1.82, 2.24) is 4.72 Å². The van der Waals surface area contributed by atoms with E-state index in [1.165, 1.54) is 0 Å². The van der Waals surface area contributed by atoms with Crippen molar-refractivity contribution < 1.29 is 17.2 Å². The summed E-state index contributed by atoms with van der Waals surface area (Å²) in [7, 11) is -4.48. The predicted molar refractivity (Wildman–Crippen MR) is 50.5 cm³/mol. The second-order valence-corrected chi connectivity index (χ2v) is 5.67. The van der Waals surface area contributed by atoms with Gasteiger partial charge in [-0.2, -0.15) is 8.78 Å². The smallest absolute Gasteiger partial charge is 0.206 e. The molecule has 0 rings (SSSR count). The second kappa shape index (κ2) is 4.65. The molecule has 80 valence electrons. The molecule has 0 atom stereocenters. The molecule has 0 aliphatic heterocycles. The highest BCUT2D eigenvalue weighted by molar-refractivity contribution is 9.09. The Morgan fingerprint density at radius 3 is 2.23 bits per heavy atom. The lowest BCUT2D eigenvalue weighted by Gasteiger charge is -2.24. The van der Waals surface area contributed by atoms with Crippen molar-refractivity contribution in [2.45, 2.75) is 31.6 Å². The van der Waals surface area contributed by atoms with Gasteiger partial charge in [0.05, 0.1) is 0 Å². The molecule has 13 heavy (non-hydrogen) atoms. The van der Waals surface area contributed by atoms with Crippen LogP contribution in [0.5, 0.6) is 0 Å². The zero-order valence-corrected chi connectivity index (χ0v) is 9.75. The molecule has 0 amide bonds. The molecule has 0 saturated carbocycles. The molecule has 0 radical (unpaired) electrons. The fraction of sp³-hybridized carbons (Fsp3) is 1.00. The summed E-state index contributed by atoms with van der Waals surface area (Å²) in [4.78, 5) is 0. The number of hydrogen-bond donors (Lipinski definition) is 1. The fourth-order valence-corrected chi connectivity index (χ4v) is 2.67. The van der Waals surface area contributed by atoms with Gasteiger partial charge in [0.2, 0.25) is 0 Å². The molecule has 0 aromatic carbocycles. The Kier molecular flexibility index (Phi) is 4.74. The molecule has 1 N–H and O–H groups in total. The van der Waals surface area contributed by atoms with Gasteiger partial charge in [0.25, 0.3) is 10.0 Å². The minimum absolute atomic E-state index is 0.443. The van der Waals surface area contributed by atoms with Crippen LogP contribution in [-0.2, 0) is 10.0 Å². The molecule has 0 saturated heterocycles. The molecule has 0 fully saturated rings. The highest BCUT2D eigenvalue weighted by Crippen LogP contribution is 2.14. The van der Waals surface area contributed by atoms with Crippen molar-refractivity contribution in [3.05, 3.63) is 0 Å².